The lowest BCUT2D eigenvalue weighted by Gasteiger charge is -2.07. The highest BCUT2D eigenvalue weighted by Crippen LogP contribution is 2.16. The minimum absolute atomic E-state index is 0.447. The third kappa shape index (κ3) is 2.31. The van der Waals surface area contributed by atoms with Crippen molar-refractivity contribution in [2.75, 3.05) is 0 Å². The number of pyridine rings is 1. The first-order chi connectivity index (χ1) is 8.30. The number of aromatic nitrogens is 4. The standard InChI is InChI=1S/C12H15ClN4/c1-3-11-15-12(4-2)17(16-11)10-8-14-6-5-9(10)7-13/h5-6,8H,3-4,7H2,1-2H3. The second kappa shape index (κ2) is 5.27. The van der Waals surface area contributed by atoms with E-state index >= 15 is 0 Å². The van der Waals surface area contributed by atoms with Crippen molar-refractivity contribution >= 4 is 11.6 Å². The molecule has 0 amide bonds. The van der Waals surface area contributed by atoms with Crippen LogP contribution in [0.3, 0.4) is 0 Å². The zero-order chi connectivity index (χ0) is 12.3. The molecule has 0 spiro atoms. The molecule has 2 heterocycles. The summed E-state index contributed by atoms with van der Waals surface area (Å²) < 4.78 is 1.85. The van der Waals surface area contributed by atoms with Crippen LogP contribution in [0.15, 0.2) is 18.5 Å². The van der Waals surface area contributed by atoms with E-state index < -0.39 is 0 Å². The topological polar surface area (TPSA) is 43.6 Å². The van der Waals surface area contributed by atoms with Crippen LogP contribution in [0.1, 0.15) is 31.1 Å². The Morgan fingerprint density at radius 3 is 2.76 bits per heavy atom. The lowest BCUT2D eigenvalue weighted by molar-refractivity contribution is 0.781. The van der Waals surface area contributed by atoms with Crippen molar-refractivity contribution in [1.29, 1.82) is 0 Å². The van der Waals surface area contributed by atoms with E-state index in [1.165, 1.54) is 0 Å². The second-order valence-corrected chi connectivity index (χ2v) is 3.97. The molecule has 0 bridgehead atoms. The Morgan fingerprint density at radius 1 is 1.29 bits per heavy atom. The molecule has 0 saturated carbocycles. The Balaban J connectivity index is 2.54. The predicted molar refractivity (Wildman–Crippen MR) is 67.5 cm³/mol. The van der Waals surface area contributed by atoms with Crippen molar-refractivity contribution in [3.8, 4) is 5.69 Å². The van der Waals surface area contributed by atoms with Crippen LogP contribution >= 0.6 is 11.6 Å². The zero-order valence-electron chi connectivity index (χ0n) is 10.0. The van der Waals surface area contributed by atoms with Gasteiger partial charge < -0.3 is 0 Å². The fourth-order valence-electron chi connectivity index (χ4n) is 1.68. The van der Waals surface area contributed by atoms with Crippen LogP contribution in [0.2, 0.25) is 0 Å². The molecule has 0 radical (unpaired) electrons. The summed E-state index contributed by atoms with van der Waals surface area (Å²) in [5, 5.41) is 4.49. The number of halogens is 1. The average Bonchev–Trinajstić information content (AvgIpc) is 2.81. The lowest BCUT2D eigenvalue weighted by atomic mass is 10.2. The van der Waals surface area contributed by atoms with Crippen LogP contribution in [-0.2, 0) is 18.7 Å². The Bertz CT molecular complexity index is 507. The Kier molecular flexibility index (Phi) is 3.74. The van der Waals surface area contributed by atoms with Crippen molar-refractivity contribution < 1.29 is 0 Å². The number of hydrogen-bond acceptors (Lipinski definition) is 3. The molecule has 2 rings (SSSR count). The monoisotopic (exact) mass is 250 g/mol. The fraction of sp³-hybridized carbons (Fsp3) is 0.417. The maximum absolute atomic E-state index is 5.93. The summed E-state index contributed by atoms with van der Waals surface area (Å²) >= 11 is 5.93. The van der Waals surface area contributed by atoms with E-state index in [0.29, 0.717) is 5.88 Å². The molecule has 0 fully saturated rings. The number of alkyl halides is 1. The molecule has 5 heteroatoms. The molecule has 0 aromatic carbocycles. The van der Waals surface area contributed by atoms with E-state index in [1.807, 2.05) is 17.7 Å². The third-order valence-corrected chi connectivity index (χ3v) is 2.90. The highest BCUT2D eigenvalue weighted by molar-refractivity contribution is 6.17. The van der Waals surface area contributed by atoms with Crippen molar-refractivity contribution in [1.82, 2.24) is 19.7 Å². The molecule has 2 aromatic heterocycles. The Hall–Kier alpha value is -1.42. The van der Waals surface area contributed by atoms with Crippen molar-refractivity contribution in [3.63, 3.8) is 0 Å². The number of nitrogens with zero attached hydrogens (tertiary/aromatic N) is 4. The fourth-order valence-corrected chi connectivity index (χ4v) is 1.91. The van der Waals surface area contributed by atoms with Crippen LogP contribution in [0.25, 0.3) is 5.69 Å². The Labute approximate surface area is 106 Å². The minimum atomic E-state index is 0.447. The van der Waals surface area contributed by atoms with Crippen molar-refractivity contribution in [2.45, 2.75) is 32.6 Å². The molecule has 0 atom stereocenters. The van der Waals surface area contributed by atoms with Crippen LogP contribution < -0.4 is 0 Å². The summed E-state index contributed by atoms with van der Waals surface area (Å²) in [5.41, 5.74) is 1.94. The summed E-state index contributed by atoms with van der Waals surface area (Å²) in [4.78, 5) is 8.61. The minimum Gasteiger partial charge on any atom is -0.262 e. The van der Waals surface area contributed by atoms with Gasteiger partial charge in [-0.25, -0.2) is 9.67 Å². The number of hydrogen-bond donors (Lipinski definition) is 0. The van der Waals surface area contributed by atoms with Crippen LogP contribution in [0.4, 0.5) is 0 Å². The molecular formula is C12H15ClN4. The second-order valence-electron chi connectivity index (χ2n) is 3.70. The van der Waals surface area contributed by atoms with E-state index in [0.717, 1.165) is 35.7 Å². The van der Waals surface area contributed by atoms with Crippen LogP contribution in [0, 0.1) is 0 Å². The average molecular weight is 251 g/mol. The molecule has 0 N–H and O–H groups in total. The van der Waals surface area contributed by atoms with E-state index in [2.05, 4.69) is 22.0 Å². The van der Waals surface area contributed by atoms with Gasteiger partial charge in [0.2, 0.25) is 0 Å². The first-order valence-corrected chi connectivity index (χ1v) is 6.27. The predicted octanol–water partition coefficient (Wildman–Crippen LogP) is 2.53. The van der Waals surface area contributed by atoms with Gasteiger partial charge in [-0.15, -0.1) is 11.6 Å². The molecule has 0 aliphatic heterocycles. The van der Waals surface area contributed by atoms with Crippen molar-refractivity contribution in [3.05, 3.63) is 35.7 Å². The van der Waals surface area contributed by atoms with Gasteiger partial charge in [0.1, 0.15) is 5.82 Å². The zero-order valence-corrected chi connectivity index (χ0v) is 10.8. The molecule has 0 aliphatic carbocycles. The van der Waals surface area contributed by atoms with Gasteiger partial charge in [-0.2, -0.15) is 5.10 Å². The van der Waals surface area contributed by atoms with E-state index in [-0.39, 0.29) is 0 Å². The molecule has 4 nitrogen and oxygen atoms in total. The molecule has 0 unspecified atom stereocenters. The number of aryl methyl sites for hydroxylation is 2. The number of rotatable bonds is 4. The van der Waals surface area contributed by atoms with Crippen LogP contribution in [-0.4, -0.2) is 19.7 Å². The van der Waals surface area contributed by atoms with E-state index in [1.54, 1.807) is 12.4 Å². The van der Waals surface area contributed by atoms with Gasteiger partial charge in [0.15, 0.2) is 5.82 Å². The highest BCUT2D eigenvalue weighted by atomic mass is 35.5. The van der Waals surface area contributed by atoms with Gasteiger partial charge in [0, 0.05) is 24.9 Å². The molecule has 0 saturated heterocycles. The highest BCUT2D eigenvalue weighted by Gasteiger charge is 2.12. The van der Waals surface area contributed by atoms with Gasteiger partial charge in [-0.05, 0) is 11.6 Å². The largest absolute Gasteiger partial charge is 0.262 e. The summed E-state index contributed by atoms with van der Waals surface area (Å²) in [6.07, 6.45) is 5.19. The molecule has 17 heavy (non-hydrogen) atoms. The maximum Gasteiger partial charge on any atom is 0.151 e. The molecule has 90 valence electrons. The summed E-state index contributed by atoms with van der Waals surface area (Å²) in [6.45, 7) is 4.11. The van der Waals surface area contributed by atoms with Gasteiger partial charge >= 0.3 is 0 Å². The maximum atomic E-state index is 5.93. The molecular weight excluding hydrogens is 236 g/mol. The molecule has 2 aromatic rings. The van der Waals surface area contributed by atoms with E-state index in [9.17, 15) is 0 Å². The normalized spacial score (nSPS) is 10.8. The summed E-state index contributed by atoms with van der Waals surface area (Å²) in [5.74, 6) is 2.25. The van der Waals surface area contributed by atoms with Crippen LogP contribution in [0.5, 0.6) is 0 Å². The van der Waals surface area contributed by atoms with Gasteiger partial charge in [0.05, 0.1) is 11.9 Å². The van der Waals surface area contributed by atoms with Gasteiger partial charge in [0.25, 0.3) is 0 Å². The van der Waals surface area contributed by atoms with Crippen molar-refractivity contribution in [2.24, 2.45) is 0 Å². The third-order valence-electron chi connectivity index (χ3n) is 2.61. The quantitative estimate of drug-likeness (QED) is 0.784. The summed E-state index contributed by atoms with van der Waals surface area (Å²) in [7, 11) is 0. The lowest BCUT2D eigenvalue weighted by Crippen LogP contribution is -2.05. The molecule has 0 aliphatic rings. The van der Waals surface area contributed by atoms with E-state index in [4.69, 9.17) is 11.6 Å². The Morgan fingerprint density at radius 2 is 2.12 bits per heavy atom. The first kappa shape index (κ1) is 12.0. The van der Waals surface area contributed by atoms with Gasteiger partial charge in [-0.3, -0.25) is 4.98 Å². The SMILES string of the molecule is CCc1nc(CC)n(-c2cnccc2CCl)n1. The van der Waals surface area contributed by atoms with Gasteiger partial charge in [-0.1, -0.05) is 13.8 Å². The smallest absolute Gasteiger partial charge is 0.151 e. The first-order valence-electron chi connectivity index (χ1n) is 5.74. The summed E-state index contributed by atoms with van der Waals surface area (Å²) in [6, 6.07) is 1.91.